The van der Waals surface area contributed by atoms with Crippen molar-refractivity contribution < 1.29 is 28.5 Å². The first-order valence-electron chi connectivity index (χ1n) is 7.82. The third-order valence-electron chi connectivity index (χ3n) is 6.25. The van der Waals surface area contributed by atoms with Crippen molar-refractivity contribution in [3.63, 3.8) is 0 Å². The maximum atomic E-state index is 12.5. The second-order valence-corrected chi connectivity index (χ2v) is 7.07. The van der Waals surface area contributed by atoms with E-state index >= 15 is 0 Å². The molecule has 3 rings (SSSR count). The number of hydrogen-bond donors (Lipinski definition) is 0. The van der Waals surface area contributed by atoms with Gasteiger partial charge in [0, 0.05) is 13.0 Å². The number of esters is 2. The van der Waals surface area contributed by atoms with E-state index in [-0.39, 0.29) is 30.3 Å². The van der Waals surface area contributed by atoms with Crippen LogP contribution >= 0.6 is 0 Å². The van der Waals surface area contributed by atoms with Gasteiger partial charge >= 0.3 is 11.9 Å². The maximum Gasteiger partial charge on any atom is 0.324 e. The first kappa shape index (κ1) is 15.7. The summed E-state index contributed by atoms with van der Waals surface area (Å²) in [6, 6.07) is 0. The van der Waals surface area contributed by atoms with Crippen molar-refractivity contribution in [2.75, 3.05) is 21.0 Å². The highest BCUT2D eigenvalue weighted by Gasteiger charge is 2.73. The Morgan fingerprint density at radius 1 is 1.36 bits per heavy atom. The quantitative estimate of drug-likeness (QED) is 0.445. The number of carbonyl (C=O) groups excluding carboxylic acids is 2. The average molecular weight is 312 g/mol. The van der Waals surface area contributed by atoms with Crippen LogP contribution in [0.3, 0.4) is 0 Å². The molecular weight excluding hydrogens is 288 g/mol. The van der Waals surface area contributed by atoms with Crippen molar-refractivity contribution in [3.05, 3.63) is 0 Å². The molecule has 6 atom stereocenters. The van der Waals surface area contributed by atoms with Gasteiger partial charge in [0.25, 0.3) is 0 Å². The highest BCUT2D eigenvalue weighted by atomic mass is 16.7. The van der Waals surface area contributed by atoms with Crippen LogP contribution in [-0.4, -0.2) is 45.2 Å². The largest absolute Gasteiger partial charge is 0.468 e. The minimum absolute atomic E-state index is 0.0921. The lowest BCUT2D eigenvalue weighted by Gasteiger charge is -2.56. The van der Waals surface area contributed by atoms with Crippen LogP contribution in [0.5, 0.6) is 0 Å². The molecule has 0 spiro atoms. The van der Waals surface area contributed by atoms with E-state index < -0.39 is 17.4 Å². The normalized spacial score (nSPS) is 46.3. The van der Waals surface area contributed by atoms with E-state index in [1.54, 1.807) is 7.11 Å². The summed E-state index contributed by atoms with van der Waals surface area (Å²) in [5.41, 5.74) is -1.30. The van der Waals surface area contributed by atoms with Crippen LogP contribution in [0.1, 0.15) is 33.1 Å². The Hall–Kier alpha value is -1.14. The Labute approximate surface area is 130 Å². The Kier molecular flexibility index (Phi) is 3.72. The molecule has 2 saturated carbocycles. The van der Waals surface area contributed by atoms with Crippen molar-refractivity contribution in [2.45, 2.75) is 45.3 Å². The van der Waals surface area contributed by atoms with Gasteiger partial charge in [-0.3, -0.25) is 9.59 Å². The Morgan fingerprint density at radius 3 is 2.73 bits per heavy atom. The molecule has 1 aliphatic heterocycles. The highest BCUT2D eigenvalue weighted by molar-refractivity contribution is 6.02. The van der Waals surface area contributed by atoms with Gasteiger partial charge < -0.3 is 18.9 Å². The summed E-state index contributed by atoms with van der Waals surface area (Å²) < 4.78 is 21.6. The Morgan fingerprint density at radius 2 is 2.09 bits per heavy atom. The molecule has 2 aliphatic carbocycles. The van der Waals surface area contributed by atoms with Gasteiger partial charge in [-0.25, -0.2) is 0 Å². The van der Waals surface area contributed by atoms with Gasteiger partial charge in [-0.05, 0) is 30.6 Å². The van der Waals surface area contributed by atoms with Gasteiger partial charge in [0.05, 0.1) is 13.2 Å². The van der Waals surface area contributed by atoms with E-state index in [0.717, 1.165) is 12.8 Å². The summed E-state index contributed by atoms with van der Waals surface area (Å²) in [6.07, 6.45) is 1.43. The monoisotopic (exact) mass is 312 g/mol. The number of ether oxygens (including phenoxy) is 4. The van der Waals surface area contributed by atoms with Crippen molar-refractivity contribution in [1.29, 1.82) is 0 Å². The predicted octanol–water partition coefficient (Wildman–Crippen LogP) is 1.52. The molecule has 1 heterocycles. The Bertz CT molecular complexity index is 491. The van der Waals surface area contributed by atoms with E-state index in [1.165, 1.54) is 7.11 Å². The van der Waals surface area contributed by atoms with Crippen molar-refractivity contribution in [3.8, 4) is 0 Å². The minimum Gasteiger partial charge on any atom is -0.468 e. The molecule has 0 aromatic carbocycles. The molecule has 124 valence electrons. The fourth-order valence-electron chi connectivity index (χ4n) is 4.79. The van der Waals surface area contributed by atoms with Crippen molar-refractivity contribution in [1.82, 2.24) is 0 Å². The standard InChI is InChI=1S/C16H24O6/c1-9-7-10-11-12(21-8-19-3)15(9,2)5-6-16(11,13(17)20-4)14(18)22-10/h9-12H,5-8H2,1-4H3/t9-,10-,11+,12+,15+,16-/m0/s1. The molecule has 0 N–H and O–H groups in total. The summed E-state index contributed by atoms with van der Waals surface area (Å²) in [5.74, 6) is -0.890. The molecule has 3 fully saturated rings. The summed E-state index contributed by atoms with van der Waals surface area (Å²) in [5, 5.41) is 0. The second kappa shape index (κ2) is 5.20. The third-order valence-corrected chi connectivity index (χ3v) is 6.25. The Balaban J connectivity index is 2.06. The molecule has 2 bridgehead atoms. The smallest absolute Gasteiger partial charge is 0.324 e. The zero-order valence-electron chi connectivity index (χ0n) is 13.6. The molecule has 1 saturated heterocycles. The number of fused-ring (bicyclic) bond motifs is 1. The number of rotatable bonds is 4. The van der Waals surface area contributed by atoms with E-state index in [1.807, 2.05) is 0 Å². The maximum absolute atomic E-state index is 12.5. The molecule has 0 amide bonds. The van der Waals surface area contributed by atoms with Gasteiger partial charge in [0.2, 0.25) is 0 Å². The molecule has 6 nitrogen and oxygen atoms in total. The van der Waals surface area contributed by atoms with Crippen LogP contribution < -0.4 is 0 Å². The fourth-order valence-corrected chi connectivity index (χ4v) is 4.79. The summed E-state index contributed by atoms with van der Waals surface area (Å²) in [4.78, 5) is 25.0. The van der Waals surface area contributed by atoms with Crippen LogP contribution in [0.4, 0.5) is 0 Å². The van der Waals surface area contributed by atoms with Gasteiger partial charge in [-0.1, -0.05) is 13.8 Å². The summed E-state index contributed by atoms with van der Waals surface area (Å²) >= 11 is 0. The first-order valence-corrected chi connectivity index (χ1v) is 7.82. The van der Waals surface area contributed by atoms with Crippen LogP contribution in [0, 0.1) is 22.7 Å². The fraction of sp³-hybridized carbons (Fsp3) is 0.875. The minimum atomic E-state index is -1.21. The number of methoxy groups -OCH3 is 2. The van der Waals surface area contributed by atoms with Gasteiger partial charge in [0.15, 0.2) is 5.41 Å². The van der Waals surface area contributed by atoms with Crippen LogP contribution in [0.25, 0.3) is 0 Å². The van der Waals surface area contributed by atoms with Crippen LogP contribution in [-0.2, 0) is 28.5 Å². The molecule has 0 radical (unpaired) electrons. The lowest BCUT2D eigenvalue weighted by Crippen LogP contribution is -2.62. The average Bonchev–Trinajstić information content (AvgIpc) is 2.80. The van der Waals surface area contributed by atoms with E-state index in [4.69, 9.17) is 18.9 Å². The summed E-state index contributed by atoms with van der Waals surface area (Å²) in [7, 11) is 2.89. The van der Waals surface area contributed by atoms with Gasteiger partial charge in [0.1, 0.15) is 12.9 Å². The number of hydrogen-bond acceptors (Lipinski definition) is 6. The first-order chi connectivity index (χ1) is 10.4. The SMILES string of the molecule is COCO[C@@H]1[C@H]2[C@@H]3C[C@H](C)[C@@]1(C)CC[C@]2(C(=O)OC)C(=O)O3. The van der Waals surface area contributed by atoms with E-state index in [9.17, 15) is 9.59 Å². The highest BCUT2D eigenvalue weighted by Crippen LogP contribution is 2.63. The zero-order chi connectivity index (χ0) is 16.1. The zero-order valence-corrected chi connectivity index (χ0v) is 13.6. The summed E-state index contributed by atoms with van der Waals surface area (Å²) in [6.45, 7) is 4.48. The lowest BCUT2D eigenvalue weighted by atomic mass is 9.49. The van der Waals surface area contributed by atoms with Gasteiger partial charge in [-0.2, -0.15) is 0 Å². The van der Waals surface area contributed by atoms with Crippen LogP contribution in [0.15, 0.2) is 0 Å². The lowest BCUT2D eigenvalue weighted by molar-refractivity contribution is -0.219. The molecule has 6 heteroatoms. The van der Waals surface area contributed by atoms with Crippen LogP contribution in [0.2, 0.25) is 0 Å². The molecule has 0 aromatic heterocycles. The van der Waals surface area contributed by atoms with Crippen molar-refractivity contribution in [2.24, 2.45) is 22.7 Å². The van der Waals surface area contributed by atoms with Gasteiger partial charge in [-0.15, -0.1) is 0 Å². The topological polar surface area (TPSA) is 71.1 Å². The second-order valence-electron chi connectivity index (χ2n) is 7.07. The third kappa shape index (κ3) is 1.80. The van der Waals surface area contributed by atoms with E-state index in [2.05, 4.69) is 13.8 Å². The van der Waals surface area contributed by atoms with E-state index in [0.29, 0.717) is 12.3 Å². The molecular formula is C16H24O6. The molecule has 0 unspecified atom stereocenters. The number of carbonyl (C=O) groups is 2. The molecule has 3 aliphatic rings. The van der Waals surface area contributed by atoms with Crippen molar-refractivity contribution >= 4 is 11.9 Å². The molecule has 0 aromatic rings. The molecule has 22 heavy (non-hydrogen) atoms. The predicted molar refractivity (Wildman–Crippen MR) is 75.7 cm³/mol.